The molecule has 1 saturated carbocycles. The van der Waals surface area contributed by atoms with Crippen molar-refractivity contribution >= 4 is 9.84 Å². The molecule has 4 unspecified atom stereocenters. The van der Waals surface area contributed by atoms with E-state index in [1.807, 2.05) is 0 Å². The Morgan fingerprint density at radius 2 is 1.96 bits per heavy atom. The molecule has 146 valence electrons. The van der Waals surface area contributed by atoms with E-state index >= 15 is 0 Å². The van der Waals surface area contributed by atoms with Gasteiger partial charge in [0.1, 0.15) is 16.1 Å². The van der Waals surface area contributed by atoms with Gasteiger partial charge in [0, 0.05) is 32.5 Å². The highest BCUT2D eigenvalue weighted by Gasteiger charge is 2.38. The second-order valence-corrected chi connectivity index (χ2v) is 9.83. The average Bonchev–Trinajstić information content (AvgIpc) is 3.12. The lowest BCUT2D eigenvalue weighted by molar-refractivity contribution is -0.0125. The Kier molecular flexibility index (Phi) is 6.70. The van der Waals surface area contributed by atoms with Crippen molar-refractivity contribution in [3.8, 4) is 0 Å². The van der Waals surface area contributed by atoms with Crippen LogP contribution in [0.3, 0.4) is 0 Å². The summed E-state index contributed by atoms with van der Waals surface area (Å²) in [6, 6.07) is 0.537. The summed E-state index contributed by atoms with van der Waals surface area (Å²) in [5, 5.41) is 13.8. The normalized spacial score (nSPS) is 40.2. The van der Waals surface area contributed by atoms with Gasteiger partial charge in [-0.1, -0.05) is 0 Å². The first-order valence-corrected chi connectivity index (χ1v) is 11.2. The molecular weight excluding hydrogens is 344 g/mol. The van der Waals surface area contributed by atoms with Crippen molar-refractivity contribution < 1.29 is 17.9 Å². The van der Waals surface area contributed by atoms with E-state index < -0.39 is 9.84 Å². The molecule has 3 fully saturated rings. The predicted octanol–water partition coefficient (Wildman–Crippen LogP) is -1.01. The summed E-state index contributed by atoms with van der Waals surface area (Å²) in [5.74, 6) is 0.424. The average molecular weight is 377 g/mol. The van der Waals surface area contributed by atoms with Gasteiger partial charge in [0.25, 0.3) is 0 Å². The summed E-state index contributed by atoms with van der Waals surface area (Å²) in [6.07, 6.45) is 4.83. The summed E-state index contributed by atoms with van der Waals surface area (Å²) in [6.45, 7) is 3.01. The zero-order valence-electron chi connectivity index (χ0n) is 15.2. The first-order chi connectivity index (χ1) is 12.0. The first kappa shape index (κ1) is 19.5. The Morgan fingerprint density at radius 1 is 1.20 bits per heavy atom. The maximum Gasteiger partial charge on any atom is 0.150 e. The highest BCUT2D eigenvalue weighted by atomic mass is 32.2. The Balaban J connectivity index is 1.52. The van der Waals surface area contributed by atoms with Crippen LogP contribution in [0.4, 0.5) is 0 Å². The van der Waals surface area contributed by atoms with Crippen molar-refractivity contribution in [2.75, 3.05) is 39.8 Å². The molecule has 0 aromatic rings. The van der Waals surface area contributed by atoms with Gasteiger partial charge >= 0.3 is 0 Å². The summed E-state index contributed by atoms with van der Waals surface area (Å²) < 4.78 is 34.5. The minimum absolute atomic E-state index is 0.0363. The highest BCUT2D eigenvalue weighted by molar-refractivity contribution is 7.91. The quantitative estimate of drug-likeness (QED) is 0.468. The molecule has 0 spiro atoms. The minimum atomic E-state index is -2.93. The zero-order chi connectivity index (χ0) is 17.9. The van der Waals surface area contributed by atoms with Gasteiger partial charge in [0.15, 0.2) is 0 Å². The Labute approximate surface area is 150 Å². The fourth-order valence-electron chi connectivity index (χ4n) is 4.21. The van der Waals surface area contributed by atoms with Crippen LogP contribution in [0.25, 0.3) is 0 Å². The molecule has 2 saturated heterocycles. The van der Waals surface area contributed by atoms with E-state index in [0.29, 0.717) is 18.7 Å². The molecule has 0 aromatic carbocycles. The van der Waals surface area contributed by atoms with Crippen molar-refractivity contribution in [2.45, 2.75) is 55.4 Å². The molecule has 0 amide bonds. The van der Waals surface area contributed by atoms with E-state index in [1.165, 1.54) is 6.26 Å². The molecule has 3 aliphatic rings. The van der Waals surface area contributed by atoms with E-state index in [1.54, 1.807) is 7.11 Å². The molecule has 0 radical (unpaired) electrons. The highest BCUT2D eigenvalue weighted by Crippen LogP contribution is 2.32. The first-order valence-electron chi connectivity index (χ1n) is 9.23. The molecule has 9 heteroatoms. The number of hydrogen-bond donors (Lipinski definition) is 4. The van der Waals surface area contributed by atoms with E-state index in [2.05, 4.69) is 21.3 Å². The van der Waals surface area contributed by atoms with Crippen LogP contribution in [-0.2, 0) is 19.3 Å². The van der Waals surface area contributed by atoms with Crippen LogP contribution in [-0.4, -0.2) is 77.9 Å². The van der Waals surface area contributed by atoms with Gasteiger partial charge in [0.05, 0.1) is 30.8 Å². The number of nitrogens with one attached hydrogen (secondary N) is 4. The smallest absolute Gasteiger partial charge is 0.150 e. The molecular formula is C16H32N4O4S. The van der Waals surface area contributed by atoms with Crippen LogP contribution in [0.5, 0.6) is 0 Å². The molecule has 25 heavy (non-hydrogen) atoms. The Morgan fingerprint density at radius 3 is 2.56 bits per heavy atom. The maximum atomic E-state index is 11.8. The van der Waals surface area contributed by atoms with Crippen LogP contribution in [0.1, 0.15) is 25.7 Å². The molecule has 0 bridgehead atoms. The lowest BCUT2D eigenvalue weighted by Gasteiger charge is -2.43. The third-order valence-corrected chi connectivity index (χ3v) is 7.42. The molecule has 1 aliphatic carbocycles. The minimum Gasteiger partial charge on any atom is -0.365 e. The van der Waals surface area contributed by atoms with Crippen molar-refractivity contribution in [3.05, 3.63) is 0 Å². The van der Waals surface area contributed by atoms with Gasteiger partial charge in [-0.2, -0.15) is 0 Å². The largest absolute Gasteiger partial charge is 0.365 e. The van der Waals surface area contributed by atoms with Crippen LogP contribution < -0.4 is 21.3 Å². The van der Waals surface area contributed by atoms with Gasteiger partial charge in [0.2, 0.25) is 0 Å². The number of rotatable bonds is 6. The molecule has 2 heterocycles. The fraction of sp³-hybridized carbons (Fsp3) is 1.00. The standard InChI is InChI=1S/C16H32N4O4S/c1-23-16-15(11-3-5-13(6-4-11)25(2,21)22)20-14(8-18-16)17-7-12-9-24-10-19-12/h11-20H,3-10H2,1-2H3. The maximum absolute atomic E-state index is 11.8. The van der Waals surface area contributed by atoms with Crippen LogP contribution in [0.2, 0.25) is 0 Å². The summed E-state index contributed by atoms with van der Waals surface area (Å²) in [7, 11) is -1.20. The van der Waals surface area contributed by atoms with Gasteiger partial charge in [-0.15, -0.1) is 0 Å². The SMILES string of the molecule is COC1NCC(NCC2COCN2)NC1C1CCC(S(C)(=O)=O)CC1. The summed E-state index contributed by atoms with van der Waals surface area (Å²) >= 11 is 0. The van der Waals surface area contributed by atoms with Crippen molar-refractivity contribution in [1.82, 2.24) is 21.3 Å². The molecule has 4 atom stereocenters. The second kappa shape index (κ2) is 8.60. The van der Waals surface area contributed by atoms with Crippen LogP contribution in [0.15, 0.2) is 0 Å². The third-order valence-electron chi connectivity index (χ3n) is 5.73. The summed E-state index contributed by atoms with van der Waals surface area (Å²) in [5.41, 5.74) is 0. The van der Waals surface area contributed by atoms with Gasteiger partial charge in [-0.3, -0.25) is 21.3 Å². The molecule has 3 rings (SSSR count). The van der Waals surface area contributed by atoms with Gasteiger partial charge < -0.3 is 9.47 Å². The van der Waals surface area contributed by atoms with Crippen molar-refractivity contribution in [3.63, 3.8) is 0 Å². The van der Waals surface area contributed by atoms with Crippen molar-refractivity contribution in [2.24, 2.45) is 5.92 Å². The monoisotopic (exact) mass is 376 g/mol. The molecule has 0 aromatic heterocycles. The molecule has 8 nitrogen and oxygen atoms in total. The number of ether oxygens (including phenoxy) is 2. The number of piperazine rings is 1. The number of hydrogen-bond acceptors (Lipinski definition) is 8. The second-order valence-electron chi connectivity index (χ2n) is 7.50. The lowest BCUT2D eigenvalue weighted by atomic mass is 9.82. The van der Waals surface area contributed by atoms with Gasteiger partial charge in [-0.25, -0.2) is 8.42 Å². The van der Waals surface area contributed by atoms with Crippen LogP contribution in [0, 0.1) is 5.92 Å². The third kappa shape index (κ3) is 5.12. The lowest BCUT2D eigenvalue weighted by Crippen LogP contribution is -2.68. The number of methoxy groups -OCH3 is 1. The Bertz CT molecular complexity index is 518. The Hall–Kier alpha value is -0.290. The number of sulfone groups is 1. The van der Waals surface area contributed by atoms with E-state index in [0.717, 1.165) is 45.4 Å². The fourth-order valence-corrected chi connectivity index (χ4v) is 5.34. The predicted molar refractivity (Wildman–Crippen MR) is 95.8 cm³/mol. The van der Waals surface area contributed by atoms with Gasteiger partial charge in [-0.05, 0) is 31.6 Å². The van der Waals surface area contributed by atoms with E-state index in [9.17, 15) is 8.42 Å². The van der Waals surface area contributed by atoms with Crippen molar-refractivity contribution in [1.29, 1.82) is 0 Å². The zero-order valence-corrected chi connectivity index (χ0v) is 16.0. The topological polar surface area (TPSA) is 101 Å². The van der Waals surface area contributed by atoms with Crippen LogP contribution >= 0.6 is 0 Å². The summed E-state index contributed by atoms with van der Waals surface area (Å²) in [4.78, 5) is 0. The van der Waals surface area contributed by atoms with E-state index in [4.69, 9.17) is 9.47 Å². The van der Waals surface area contributed by atoms with E-state index in [-0.39, 0.29) is 23.7 Å². The molecule has 2 aliphatic heterocycles. The molecule has 4 N–H and O–H groups in total.